The van der Waals surface area contributed by atoms with Crippen LogP contribution in [0.25, 0.3) is 0 Å². The van der Waals surface area contributed by atoms with Gasteiger partial charge in [0.05, 0.1) is 6.20 Å². The van der Waals surface area contributed by atoms with E-state index in [9.17, 15) is 9.59 Å². The number of likely N-dealkylation sites (N-methyl/N-ethyl adjacent to an activating group) is 1. The number of hydrogen-bond acceptors (Lipinski definition) is 4. The van der Waals surface area contributed by atoms with Gasteiger partial charge in [-0.25, -0.2) is 0 Å². The molecule has 0 spiro atoms. The van der Waals surface area contributed by atoms with Crippen LogP contribution in [0, 0.1) is 0 Å². The molecular formula is C19H29N5O2. The Hall–Kier alpha value is -2.31. The van der Waals surface area contributed by atoms with Crippen LogP contribution in [0.3, 0.4) is 0 Å². The second kappa shape index (κ2) is 7.51. The van der Waals surface area contributed by atoms with Crippen LogP contribution in [0.2, 0.25) is 0 Å². The summed E-state index contributed by atoms with van der Waals surface area (Å²) in [5, 5.41) is 7.60. The van der Waals surface area contributed by atoms with Crippen LogP contribution in [-0.2, 0) is 16.6 Å². The van der Waals surface area contributed by atoms with Crippen LogP contribution in [0.5, 0.6) is 0 Å². The maximum atomic E-state index is 13.0. The number of piperidine rings is 1. The molecule has 2 heterocycles. The number of nitrogens with one attached hydrogen (secondary N) is 1. The van der Waals surface area contributed by atoms with Gasteiger partial charge in [-0.2, -0.15) is 5.10 Å². The number of rotatable bonds is 4. The quantitative estimate of drug-likeness (QED) is 0.890. The highest BCUT2D eigenvalue weighted by Crippen LogP contribution is 2.30. The van der Waals surface area contributed by atoms with Crippen LogP contribution in [-0.4, -0.2) is 64.1 Å². The minimum Gasteiger partial charge on any atom is -0.356 e. The van der Waals surface area contributed by atoms with Crippen molar-refractivity contribution in [1.29, 1.82) is 0 Å². The van der Waals surface area contributed by atoms with Crippen molar-refractivity contribution in [3.63, 3.8) is 0 Å². The fourth-order valence-electron chi connectivity index (χ4n) is 3.89. The fourth-order valence-corrected chi connectivity index (χ4v) is 3.89. The Bertz CT molecular complexity index is 699. The monoisotopic (exact) mass is 359 g/mol. The summed E-state index contributed by atoms with van der Waals surface area (Å²) in [4.78, 5) is 29.3. The predicted molar refractivity (Wildman–Crippen MR) is 101 cm³/mol. The molecule has 1 aliphatic heterocycles. The maximum absolute atomic E-state index is 13.0. The summed E-state index contributed by atoms with van der Waals surface area (Å²) in [5.74, 6) is 1.01. The molecule has 0 bridgehead atoms. The van der Waals surface area contributed by atoms with E-state index in [1.54, 1.807) is 29.9 Å². The zero-order chi connectivity index (χ0) is 18.7. The third-order valence-electron chi connectivity index (χ3n) is 5.47. The van der Waals surface area contributed by atoms with Gasteiger partial charge in [-0.3, -0.25) is 14.3 Å². The Morgan fingerprint density at radius 3 is 2.50 bits per heavy atom. The number of nitrogens with zero attached hydrogens (tertiary/aromatic N) is 4. The van der Waals surface area contributed by atoms with Gasteiger partial charge >= 0.3 is 0 Å². The second-order valence-corrected chi connectivity index (χ2v) is 7.51. The lowest BCUT2D eigenvalue weighted by atomic mass is 9.85. The van der Waals surface area contributed by atoms with Crippen molar-refractivity contribution in [2.45, 2.75) is 44.1 Å². The van der Waals surface area contributed by atoms with Crippen molar-refractivity contribution >= 4 is 17.6 Å². The third kappa shape index (κ3) is 3.61. The van der Waals surface area contributed by atoms with E-state index in [2.05, 4.69) is 16.5 Å². The van der Waals surface area contributed by atoms with Gasteiger partial charge < -0.3 is 15.1 Å². The van der Waals surface area contributed by atoms with Crippen LogP contribution >= 0.6 is 0 Å². The lowest BCUT2D eigenvalue weighted by Gasteiger charge is -2.43. The number of carbonyl (C=O) groups is 2. The standard InChI is InChI=1S/C19H29N5O2/c1-22(2)18(26)19(21-16-9-12-20-23(16)3)10-13-24(14-11-19)17(25)15-7-5-4-6-8-15/h7,9,12,21H,4-6,8,10-11,13-14H2,1-3H3. The summed E-state index contributed by atoms with van der Waals surface area (Å²) in [7, 11) is 5.41. The number of hydrogen-bond donors (Lipinski definition) is 1. The van der Waals surface area contributed by atoms with Gasteiger partial charge in [0.1, 0.15) is 11.4 Å². The molecule has 1 aromatic rings. The largest absolute Gasteiger partial charge is 0.356 e. The average Bonchev–Trinajstić information content (AvgIpc) is 3.06. The van der Waals surface area contributed by atoms with Gasteiger partial charge in [0.15, 0.2) is 0 Å². The van der Waals surface area contributed by atoms with Gasteiger partial charge in [-0.1, -0.05) is 6.08 Å². The smallest absolute Gasteiger partial charge is 0.249 e. The minimum atomic E-state index is -0.699. The van der Waals surface area contributed by atoms with E-state index in [0.717, 1.165) is 30.7 Å². The van der Waals surface area contributed by atoms with Gasteiger partial charge in [0.25, 0.3) is 0 Å². The molecular weight excluding hydrogens is 330 g/mol. The summed E-state index contributed by atoms with van der Waals surface area (Å²) in [6, 6.07) is 1.87. The molecule has 7 heteroatoms. The SMILES string of the molecule is CN(C)C(=O)C1(Nc2ccnn2C)CCN(C(=O)C2=CCCCC2)CC1. The van der Waals surface area contributed by atoms with Crippen LogP contribution in [0.1, 0.15) is 38.5 Å². The summed E-state index contributed by atoms with van der Waals surface area (Å²) >= 11 is 0. The number of amides is 2. The van der Waals surface area contributed by atoms with Crippen LogP contribution in [0.4, 0.5) is 5.82 Å². The zero-order valence-electron chi connectivity index (χ0n) is 16.0. The first-order valence-corrected chi connectivity index (χ1v) is 9.39. The summed E-state index contributed by atoms with van der Waals surface area (Å²) in [6.07, 6.45) is 9.13. The maximum Gasteiger partial charge on any atom is 0.249 e. The van der Waals surface area contributed by atoms with Crippen molar-refractivity contribution < 1.29 is 9.59 Å². The van der Waals surface area contributed by atoms with Crippen molar-refractivity contribution in [2.75, 3.05) is 32.5 Å². The Balaban J connectivity index is 1.74. The normalized spacial score (nSPS) is 19.7. The lowest BCUT2D eigenvalue weighted by molar-refractivity contribution is -0.138. The predicted octanol–water partition coefficient (Wildman–Crippen LogP) is 1.78. The molecule has 0 unspecified atom stereocenters. The molecule has 1 aromatic heterocycles. The first-order valence-electron chi connectivity index (χ1n) is 9.39. The number of anilines is 1. The fraction of sp³-hybridized carbons (Fsp3) is 0.632. The van der Waals surface area contributed by atoms with Gasteiger partial charge in [0, 0.05) is 45.9 Å². The number of likely N-dealkylation sites (tertiary alicyclic amines) is 1. The Morgan fingerprint density at radius 2 is 1.96 bits per heavy atom. The van der Waals surface area contributed by atoms with E-state index >= 15 is 0 Å². The minimum absolute atomic E-state index is 0.0441. The summed E-state index contributed by atoms with van der Waals surface area (Å²) < 4.78 is 1.73. The van der Waals surface area contributed by atoms with Crippen molar-refractivity contribution in [1.82, 2.24) is 19.6 Å². The zero-order valence-corrected chi connectivity index (χ0v) is 16.0. The number of allylic oxidation sites excluding steroid dienone is 1. The molecule has 1 aliphatic carbocycles. The topological polar surface area (TPSA) is 70.5 Å². The first-order chi connectivity index (χ1) is 12.4. The molecule has 26 heavy (non-hydrogen) atoms. The van der Waals surface area contributed by atoms with Gasteiger partial charge in [0.2, 0.25) is 11.8 Å². The molecule has 1 N–H and O–H groups in total. The highest BCUT2D eigenvalue weighted by atomic mass is 16.2. The van der Waals surface area contributed by atoms with Crippen molar-refractivity contribution in [3.05, 3.63) is 23.9 Å². The third-order valence-corrected chi connectivity index (χ3v) is 5.47. The Kier molecular flexibility index (Phi) is 5.34. The second-order valence-electron chi connectivity index (χ2n) is 7.51. The highest BCUT2D eigenvalue weighted by molar-refractivity contribution is 5.94. The first kappa shape index (κ1) is 18.5. The van der Waals surface area contributed by atoms with Gasteiger partial charge in [-0.05, 0) is 38.5 Å². The van der Waals surface area contributed by atoms with E-state index in [0.29, 0.717) is 25.9 Å². The van der Waals surface area contributed by atoms with E-state index in [-0.39, 0.29) is 11.8 Å². The molecule has 2 aliphatic rings. The molecule has 3 rings (SSSR count). The van der Waals surface area contributed by atoms with E-state index < -0.39 is 5.54 Å². The molecule has 1 fully saturated rings. The Morgan fingerprint density at radius 1 is 1.23 bits per heavy atom. The van der Waals surface area contributed by atoms with E-state index in [4.69, 9.17) is 0 Å². The highest BCUT2D eigenvalue weighted by Gasteiger charge is 2.44. The summed E-state index contributed by atoms with van der Waals surface area (Å²) in [6.45, 7) is 1.17. The van der Waals surface area contributed by atoms with Crippen molar-refractivity contribution in [3.8, 4) is 0 Å². The Labute approximate surface area is 155 Å². The molecule has 1 saturated heterocycles. The molecule has 142 valence electrons. The molecule has 2 amide bonds. The van der Waals surface area contributed by atoms with Gasteiger partial charge in [-0.15, -0.1) is 0 Å². The number of aryl methyl sites for hydroxylation is 1. The van der Waals surface area contributed by atoms with E-state index in [1.807, 2.05) is 18.0 Å². The van der Waals surface area contributed by atoms with Crippen LogP contribution < -0.4 is 5.32 Å². The lowest BCUT2D eigenvalue weighted by Crippen LogP contribution is -2.59. The number of carbonyl (C=O) groups excluding carboxylic acids is 2. The number of aromatic nitrogens is 2. The molecule has 0 saturated carbocycles. The molecule has 0 radical (unpaired) electrons. The van der Waals surface area contributed by atoms with Crippen molar-refractivity contribution in [2.24, 2.45) is 7.05 Å². The average molecular weight is 359 g/mol. The molecule has 7 nitrogen and oxygen atoms in total. The molecule has 0 atom stereocenters. The van der Waals surface area contributed by atoms with E-state index in [1.165, 1.54) is 6.42 Å². The summed E-state index contributed by atoms with van der Waals surface area (Å²) in [5.41, 5.74) is 0.247. The molecule has 0 aromatic carbocycles. The van der Waals surface area contributed by atoms with Crippen LogP contribution in [0.15, 0.2) is 23.9 Å².